The van der Waals surface area contributed by atoms with Gasteiger partial charge in [0.05, 0.1) is 0 Å². The molecular formula is C24H33F2N5O. The monoisotopic (exact) mass is 445 g/mol. The number of hydrogen-bond acceptors (Lipinski definition) is 4. The van der Waals surface area contributed by atoms with Crippen LogP contribution in [0.2, 0.25) is 0 Å². The van der Waals surface area contributed by atoms with Gasteiger partial charge in [-0.1, -0.05) is 49.4 Å². The van der Waals surface area contributed by atoms with Gasteiger partial charge >= 0.3 is 6.61 Å². The molecule has 8 heteroatoms. The van der Waals surface area contributed by atoms with E-state index in [2.05, 4.69) is 61.4 Å². The number of nitrogens with zero attached hydrogens (tertiary/aromatic N) is 3. The van der Waals surface area contributed by atoms with Crippen molar-refractivity contribution >= 4 is 5.96 Å². The second-order valence-electron chi connectivity index (χ2n) is 7.79. The van der Waals surface area contributed by atoms with Gasteiger partial charge in [0, 0.05) is 58.4 Å². The fraction of sp³-hybridized carbons (Fsp3) is 0.458. The van der Waals surface area contributed by atoms with Crippen LogP contribution in [0.25, 0.3) is 0 Å². The predicted octanol–water partition coefficient (Wildman–Crippen LogP) is 3.29. The van der Waals surface area contributed by atoms with E-state index < -0.39 is 6.61 Å². The molecule has 1 saturated heterocycles. The molecule has 0 aliphatic carbocycles. The van der Waals surface area contributed by atoms with Crippen molar-refractivity contribution in [3.8, 4) is 5.75 Å². The number of hydrogen-bond donors (Lipinski definition) is 2. The Kier molecular flexibility index (Phi) is 9.25. The highest BCUT2D eigenvalue weighted by Gasteiger charge is 2.15. The van der Waals surface area contributed by atoms with E-state index in [1.165, 1.54) is 11.6 Å². The van der Waals surface area contributed by atoms with Crippen LogP contribution in [0.1, 0.15) is 23.6 Å². The van der Waals surface area contributed by atoms with Crippen molar-refractivity contribution in [2.75, 3.05) is 39.8 Å². The molecule has 0 atom stereocenters. The van der Waals surface area contributed by atoms with Gasteiger partial charge < -0.3 is 20.3 Å². The molecule has 0 aromatic heterocycles. The SMILES string of the molecule is CCN1CCN(Cc2ccc(CNC(=NC)NCc3ccccc3OC(F)F)cc2)CC1. The van der Waals surface area contributed by atoms with Gasteiger partial charge in [-0.25, -0.2) is 0 Å². The third kappa shape index (κ3) is 7.46. The van der Waals surface area contributed by atoms with Crippen LogP contribution >= 0.6 is 0 Å². The fourth-order valence-corrected chi connectivity index (χ4v) is 3.73. The van der Waals surface area contributed by atoms with E-state index in [9.17, 15) is 8.78 Å². The number of rotatable bonds is 9. The number of alkyl halides is 2. The van der Waals surface area contributed by atoms with Gasteiger partial charge in [0.15, 0.2) is 5.96 Å². The summed E-state index contributed by atoms with van der Waals surface area (Å²) in [6.07, 6.45) is 0. The summed E-state index contributed by atoms with van der Waals surface area (Å²) in [5.41, 5.74) is 3.10. The molecule has 1 aliphatic rings. The fourth-order valence-electron chi connectivity index (χ4n) is 3.73. The number of benzene rings is 2. The quantitative estimate of drug-likeness (QED) is 0.458. The number of para-hydroxylation sites is 1. The number of likely N-dealkylation sites (N-methyl/N-ethyl adjacent to an activating group) is 1. The highest BCUT2D eigenvalue weighted by Crippen LogP contribution is 2.20. The van der Waals surface area contributed by atoms with Gasteiger partial charge in [-0.2, -0.15) is 8.78 Å². The lowest BCUT2D eigenvalue weighted by Crippen LogP contribution is -2.45. The Balaban J connectivity index is 1.45. The molecule has 2 N–H and O–H groups in total. The number of piperazine rings is 1. The minimum Gasteiger partial charge on any atom is -0.434 e. The molecule has 1 fully saturated rings. The molecule has 0 radical (unpaired) electrons. The van der Waals surface area contributed by atoms with E-state index in [1.54, 1.807) is 25.2 Å². The molecule has 174 valence electrons. The van der Waals surface area contributed by atoms with E-state index in [0.717, 1.165) is 44.8 Å². The van der Waals surface area contributed by atoms with Crippen molar-refractivity contribution in [2.45, 2.75) is 33.2 Å². The molecule has 6 nitrogen and oxygen atoms in total. The Morgan fingerprint density at radius 2 is 1.56 bits per heavy atom. The predicted molar refractivity (Wildman–Crippen MR) is 124 cm³/mol. The maximum atomic E-state index is 12.6. The first-order valence-corrected chi connectivity index (χ1v) is 11.1. The maximum Gasteiger partial charge on any atom is 0.387 e. The lowest BCUT2D eigenvalue weighted by molar-refractivity contribution is -0.0504. The molecule has 3 rings (SSSR count). The minimum absolute atomic E-state index is 0.164. The summed E-state index contributed by atoms with van der Waals surface area (Å²) in [5, 5.41) is 6.41. The molecule has 0 saturated carbocycles. The summed E-state index contributed by atoms with van der Waals surface area (Å²) in [5.74, 6) is 0.756. The molecule has 0 unspecified atom stereocenters. The maximum absolute atomic E-state index is 12.6. The molecule has 0 amide bonds. The van der Waals surface area contributed by atoms with Gasteiger partial charge in [0.1, 0.15) is 5.75 Å². The Morgan fingerprint density at radius 3 is 2.22 bits per heavy atom. The largest absolute Gasteiger partial charge is 0.434 e. The molecule has 0 bridgehead atoms. The number of nitrogens with one attached hydrogen (secondary N) is 2. The van der Waals surface area contributed by atoms with Crippen LogP contribution in [0.4, 0.5) is 8.78 Å². The topological polar surface area (TPSA) is 52.1 Å². The van der Waals surface area contributed by atoms with Crippen molar-refractivity contribution in [3.05, 3.63) is 65.2 Å². The van der Waals surface area contributed by atoms with Crippen LogP contribution in [0.3, 0.4) is 0 Å². The first kappa shape index (κ1) is 23.9. The molecule has 1 aliphatic heterocycles. The van der Waals surface area contributed by atoms with Gasteiger partial charge in [-0.3, -0.25) is 9.89 Å². The minimum atomic E-state index is -2.85. The third-order valence-electron chi connectivity index (χ3n) is 5.66. The Labute approximate surface area is 189 Å². The average Bonchev–Trinajstić information content (AvgIpc) is 2.81. The molecule has 2 aromatic rings. The van der Waals surface area contributed by atoms with Crippen LogP contribution in [-0.4, -0.2) is 62.1 Å². The molecule has 0 spiro atoms. The van der Waals surface area contributed by atoms with Gasteiger partial charge in [0.2, 0.25) is 0 Å². The first-order chi connectivity index (χ1) is 15.6. The zero-order chi connectivity index (χ0) is 22.8. The Morgan fingerprint density at radius 1 is 0.938 bits per heavy atom. The highest BCUT2D eigenvalue weighted by molar-refractivity contribution is 5.79. The number of aliphatic imine (C=N–C) groups is 1. The summed E-state index contributed by atoms with van der Waals surface area (Å²) < 4.78 is 29.7. The van der Waals surface area contributed by atoms with Gasteiger partial charge in [0.25, 0.3) is 0 Å². The molecule has 1 heterocycles. The molecule has 32 heavy (non-hydrogen) atoms. The first-order valence-electron chi connectivity index (χ1n) is 11.1. The number of halogens is 2. The van der Waals surface area contributed by atoms with Gasteiger partial charge in [-0.15, -0.1) is 0 Å². The lowest BCUT2D eigenvalue weighted by atomic mass is 10.1. The summed E-state index contributed by atoms with van der Waals surface area (Å²) >= 11 is 0. The second-order valence-corrected chi connectivity index (χ2v) is 7.79. The van der Waals surface area contributed by atoms with Crippen molar-refractivity contribution in [1.82, 2.24) is 20.4 Å². The zero-order valence-electron chi connectivity index (χ0n) is 18.9. The van der Waals surface area contributed by atoms with Crippen molar-refractivity contribution < 1.29 is 13.5 Å². The Bertz CT molecular complexity index is 852. The van der Waals surface area contributed by atoms with Crippen LogP contribution < -0.4 is 15.4 Å². The van der Waals surface area contributed by atoms with Crippen molar-refractivity contribution in [1.29, 1.82) is 0 Å². The summed E-state index contributed by atoms with van der Waals surface area (Å²) in [4.78, 5) is 9.20. The van der Waals surface area contributed by atoms with Crippen molar-refractivity contribution in [2.24, 2.45) is 4.99 Å². The Hall–Kier alpha value is -2.71. The zero-order valence-corrected chi connectivity index (χ0v) is 18.9. The summed E-state index contributed by atoms with van der Waals surface area (Å²) in [6.45, 7) is 6.93. The van der Waals surface area contributed by atoms with Crippen molar-refractivity contribution in [3.63, 3.8) is 0 Å². The summed E-state index contributed by atoms with van der Waals surface area (Å²) in [7, 11) is 1.68. The highest BCUT2D eigenvalue weighted by atomic mass is 19.3. The van der Waals surface area contributed by atoms with E-state index in [4.69, 9.17) is 0 Å². The smallest absolute Gasteiger partial charge is 0.387 e. The third-order valence-corrected chi connectivity index (χ3v) is 5.66. The average molecular weight is 446 g/mol. The van der Waals surface area contributed by atoms with Crippen LogP contribution in [0.5, 0.6) is 5.75 Å². The van der Waals surface area contributed by atoms with E-state index in [1.807, 2.05) is 0 Å². The van der Waals surface area contributed by atoms with Crippen LogP contribution in [-0.2, 0) is 19.6 Å². The number of ether oxygens (including phenoxy) is 1. The number of guanidine groups is 1. The van der Waals surface area contributed by atoms with Crippen LogP contribution in [0, 0.1) is 0 Å². The summed E-state index contributed by atoms with van der Waals surface area (Å²) in [6, 6.07) is 15.4. The van der Waals surface area contributed by atoms with E-state index >= 15 is 0 Å². The van der Waals surface area contributed by atoms with Gasteiger partial charge in [-0.05, 0) is 23.7 Å². The van der Waals surface area contributed by atoms with E-state index in [-0.39, 0.29) is 5.75 Å². The van der Waals surface area contributed by atoms with Crippen LogP contribution in [0.15, 0.2) is 53.5 Å². The normalized spacial score (nSPS) is 15.7. The standard InChI is InChI=1S/C24H33F2N5O/c1-3-30-12-14-31(15-13-30)18-20-10-8-19(9-11-20)16-28-24(27-2)29-17-21-6-4-5-7-22(21)32-23(25)26/h4-11,23H,3,12-18H2,1-2H3,(H2,27,28,29). The molecule has 2 aromatic carbocycles. The van der Waals surface area contributed by atoms with E-state index in [0.29, 0.717) is 24.6 Å². The lowest BCUT2D eigenvalue weighted by Gasteiger charge is -2.34. The molecular weight excluding hydrogens is 412 g/mol. The second kappa shape index (κ2) is 12.4.